The quantitative estimate of drug-likeness (QED) is 0.454. The third-order valence-electron chi connectivity index (χ3n) is 2.35. The van der Waals surface area contributed by atoms with Gasteiger partial charge in [-0.05, 0) is 25.4 Å². The van der Waals surface area contributed by atoms with E-state index in [9.17, 15) is 0 Å². The van der Waals surface area contributed by atoms with E-state index in [4.69, 9.17) is 0 Å². The predicted molar refractivity (Wildman–Crippen MR) is 48.5 cm³/mol. The molecule has 3 heteroatoms. The van der Waals surface area contributed by atoms with E-state index in [0.717, 1.165) is 6.04 Å². The molecule has 1 atom stereocenters. The molecule has 1 fully saturated rings. The third kappa shape index (κ3) is 1.91. The lowest BCUT2D eigenvalue weighted by Gasteiger charge is -2.32. The summed E-state index contributed by atoms with van der Waals surface area (Å²) in [6.45, 7) is 3.82. The first-order chi connectivity index (χ1) is 4.34. The molecule has 1 saturated heterocycles. The molecule has 1 nitrogen and oxygen atoms in total. The zero-order valence-electron chi connectivity index (χ0n) is 6.56. The van der Waals surface area contributed by atoms with Gasteiger partial charge in [0.2, 0.25) is 0 Å². The second kappa shape index (κ2) is 3.53. The van der Waals surface area contributed by atoms with Gasteiger partial charge in [-0.25, -0.2) is 0 Å². The van der Waals surface area contributed by atoms with Crippen LogP contribution in [0, 0.1) is 0 Å². The number of piperidine rings is 1. The lowest BCUT2D eigenvalue weighted by atomic mass is 10.1. The van der Waals surface area contributed by atoms with Crippen molar-refractivity contribution in [3.8, 4) is 0 Å². The van der Waals surface area contributed by atoms with Crippen LogP contribution in [0.2, 0.25) is 0 Å². The van der Waals surface area contributed by atoms with Gasteiger partial charge in [-0.2, -0.15) is 0 Å². The Morgan fingerprint density at radius 3 is 2.78 bits per heavy atom. The Morgan fingerprint density at radius 2 is 2.33 bits per heavy atom. The first-order valence-electron chi connectivity index (χ1n) is 4.08. The molecule has 0 saturated carbocycles. The van der Waals surface area contributed by atoms with Crippen LogP contribution in [-0.2, 0) is 0 Å². The first kappa shape index (κ1) is 7.50. The molecule has 0 radical (unpaired) electrons. The van der Waals surface area contributed by atoms with E-state index in [1.807, 2.05) is 0 Å². The molecule has 0 spiro atoms. The van der Waals surface area contributed by atoms with E-state index < -0.39 is 0 Å². The van der Waals surface area contributed by atoms with Crippen molar-refractivity contribution in [1.82, 2.24) is 4.57 Å². The fourth-order valence-electron chi connectivity index (χ4n) is 1.63. The molecule has 1 rings (SSSR count). The van der Waals surface area contributed by atoms with Crippen LogP contribution in [0.15, 0.2) is 0 Å². The molecular formula is C6H17NSi2. The standard InChI is InChI=1S/C6H17NSi2/c1-6-4-2-3-5-7(6)9-8/h6H,2-5,9H2,1,8H3. The molecule has 9 heavy (non-hydrogen) atoms. The molecule has 1 heterocycles. The van der Waals surface area contributed by atoms with Crippen molar-refractivity contribution in [2.45, 2.75) is 32.2 Å². The van der Waals surface area contributed by atoms with Crippen molar-refractivity contribution in [3.63, 3.8) is 0 Å². The van der Waals surface area contributed by atoms with Crippen LogP contribution >= 0.6 is 0 Å². The highest BCUT2D eigenvalue weighted by Crippen LogP contribution is 2.13. The first-order valence-corrected chi connectivity index (χ1v) is 10.4. The van der Waals surface area contributed by atoms with Gasteiger partial charge >= 0.3 is 0 Å². The van der Waals surface area contributed by atoms with Crippen molar-refractivity contribution in [2.24, 2.45) is 0 Å². The summed E-state index contributed by atoms with van der Waals surface area (Å²) in [6.07, 6.45) is 4.42. The Labute approximate surface area is 62.9 Å². The van der Waals surface area contributed by atoms with E-state index in [1.165, 1.54) is 35.6 Å². The number of hydrogen-bond donors (Lipinski definition) is 0. The van der Waals surface area contributed by atoms with E-state index in [0.29, 0.717) is 9.20 Å². The minimum atomic E-state index is 0.293. The van der Waals surface area contributed by atoms with Gasteiger partial charge in [0.15, 0.2) is 0 Å². The molecule has 0 aromatic carbocycles. The van der Waals surface area contributed by atoms with Crippen LogP contribution in [-0.4, -0.2) is 36.1 Å². The van der Waals surface area contributed by atoms with Gasteiger partial charge in [-0.15, -0.1) is 0 Å². The Kier molecular flexibility index (Phi) is 2.95. The summed E-state index contributed by atoms with van der Waals surface area (Å²) < 4.78 is 2.76. The maximum atomic E-state index is 2.76. The SMILES string of the molecule is CC1CCCCN1[SiH2][SiH3]. The highest BCUT2D eigenvalue weighted by Gasteiger charge is 2.14. The fraction of sp³-hybridized carbons (Fsp3) is 1.00. The summed E-state index contributed by atoms with van der Waals surface area (Å²) in [5.41, 5.74) is 0. The minimum absolute atomic E-state index is 0.293. The molecule has 1 unspecified atom stereocenters. The second-order valence-electron chi connectivity index (χ2n) is 2.97. The average molecular weight is 159 g/mol. The van der Waals surface area contributed by atoms with Crippen LogP contribution in [0.5, 0.6) is 0 Å². The molecule has 0 aliphatic carbocycles. The Bertz CT molecular complexity index is 87.1. The molecule has 0 bridgehead atoms. The van der Waals surface area contributed by atoms with Gasteiger partial charge < -0.3 is 4.57 Å². The predicted octanol–water partition coefficient (Wildman–Crippen LogP) is -0.775. The van der Waals surface area contributed by atoms with Crippen LogP contribution in [0.3, 0.4) is 0 Å². The van der Waals surface area contributed by atoms with Crippen molar-refractivity contribution in [2.75, 3.05) is 6.54 Å². The highest BCUT2D eigenvalue weighted by atomic mass is 29.1. The van der Waals surface area contributed by atoms with Gasteiger partial charge in [0, 0.05) is 9.76 Å². The van der Waals surface area contributed by atoms with E-state index in [-0.39, 0.29) is 0 Å². The van der Waals surface area contributed by atoms with Gasteiger partial charge in [-0.1, -0.05) is 13.3 Å². The Hall–Kier alpha value is 0.394. The lowest BCUT2D eigenvalue weighted by molar-refractivity contribution is 0.278. The smallest absolute Gasteiger partial charge is 0.0759 e. The average Bonchev–Trinajstić information content (AvgIpc) is 1.89. The van der Waals surface area contributed by atoms with Crippen LogP contribution in [0.1, 0.15) is 26.2 Å². The molecular weight excluding hydrogens is 142 g/mol. The molecule has 54 valence electrons. The zero-order valence-corrected chi connectivity index (χ0v) is 9.97. The zero-order chi connectivity index (χ0) is 6.69. The fourth-order valence-corrected chi connectivity index (χ4v) is 5.79. The molecule has 0 N–H and O–H groups in total. The Morgan fingerprint density at radius 1 is 1.56 bits per heavy atom. The summed E-state index contributed by atoms with van der Waals surface area (Å²) in [5.74, 6) is 0. The normalized spacial score (nSPS) is 32.3. The molecule has 1 aliphatic heterocycles. The van der Waals surface area contributed by atoms with Crippen LogP contribution in [0.25, 0.3) is 0 Å². The number of rotatable bonds is 1. The van der Waals surface area contributed by atoms with E-state index in [1.54, 1.807) is 0 Å². The van der Waals surface area contributed by atoms with Crippen molar-refractivity contribution < 1.29 is 0 Å². The second-order valence-corrected chi connectivity index (χ2v) is 6.32. The number of nitrogens with zero attached hydrogens (tertiary/aromatic N) is 1. The summed E-state index contributed by atoms with van der Waals surface area (Å²) in [6, 6.07) is 0.947. The van der Waals surface area contributed by atoms with E-state index >= 15 is 0 Å². The van der Waals surface area contributed by atoms with E-state index in [2.05, 4.69) is 11.5 Å². The third-order valence-corrected chi connectivity index (χ3v) is 6.54. The summed E-state index contributed by atoms with van der Waals surface area (Å²) in [7, 11) is 1.78. The molecule has 0 aromatic rings. The summed E-state index contributed by atoms with van der Waals surface area (Å²) in [4.78, 5) is 0. The van der Waals surface area contributed by atoms with Crippen molar-refractivity contribution in [1.29, 1.82) is 0 Å². The topological polar surface area (TPSA) is 3.24 Å². The van der Waals surface area contributed by atoms with Crippen LogP contribution in [0.4, 0.5) is 0 Å². The van der Waals surface area contributed by atoms with Gasteiger partial charge in [0.05, 0.1) is 9.20 Å². The minimum Gasteiger partial charge on any atom is -0.330 e. The van der Waals surface area contributed by atoms with Gasteiger partial charge in [0.25, 0.3) is 0 Å². The highest BCUT2D eigenvalue weighted by molar-refractivity contribution is 6.87. The van der Waals surface area contributed by atoms with Crippen LogP contribution < -0.4 is 0 Å². The maximum Gasteiger partial charge on any atom is 0.0759 e. The van der Waals surface area contributed by atoms with Crippen molar-refractivity contribution in [3.05, 3.63) is 0 Å². The summed E-state index contributed by atoms with van der Waals surface area (Å²) >= 11 is 0. The molecule has 0 aromatic heterocycles. The van der Waals surface area contributed by atoms with Gasteiger partial charge in [-0.3, -0.25) is 0 Å². The lowest BCUT2D eigenvalue weighted by Crippen LogP contribution is -2.40. The van der Waals surface area contributed by atoms with Gasteiger partial charge in [0.1, 0.15) is 0 Å². The molecule has 1 aliphatic rings. The summed E-state index contributed by atoms with van der Waals surface area (Å²) in [5, 5.41) is 0. The number of hydrogen-bond acceptors (Lipinski definition) is 1. The largest absolute Gasteiger partial charge is 0.330 e. The van der Waals surface area contributed by atoms with Crippen molar-refractivity contribution >= 4 is 19.0 Å². The maximum absolute atomic E-state index is 2.76. The Balaban J connectivity index is 2.30. The monoisotopic (exact) mass is 159 g/mol. The molecule has 0 amide bonds.